The summed E-state index contributed by atoms with van der Waals surface area (Å²) in [7, 11) is 0. The van der Waals surface area contributed by atoms with Crippen LogP contribution in [0.5, 0.6) is 5.75 Å². The van der Waals surface area contributed by atoms with E-state index in [1.807, 2.05) is 0 Å². The average Bonchev–Trinajstić information content (AvgIpc) is 2.42. The van der Waals surface area contributed by atoms with Crippen molar-refractivity contribution < 1.29 is 14.4 Å². The lowest BCUT2D eigenvalue weighted by molar-refractivity contribution is -0.387. The molecule has 0 bridgehead atoms. The third-order valence-corrected chi connectivity index (χ3v) is 3.60. The topological polar surface area (TPSA) is 75.7 Å². The van der Waals surface area contributed by atoms with Crippen LogP contribution in [0.3, 0.4) is 0 Å². The van der Waals surface area contributed by atoms with Crippen LogP contribution in [-0.2, 0) is 0 Å². The molecule has 0 aliphatic heterocycles. The second-order valence-corrected chi connectivity index (χ2v) is 5.75. The minimum absolute atomic E-state index is 0.0152. The number of nitro groups is 1. The van der Waals surface area contributed by atoms with E-state index in [0.717, 1.165) is 16.6 Å². The van der Waals surface area contributed by atoms with Crippen LogP contribution in [0.15, 0.2) is 44.3 Å². The van der Waals surface area contributed by atoms with Gasteiger partial charge in [0.15, 0.2) is 0 Å². The summed E-state index contributed by atoms with van der Waals surface area (Å²) >= 11 is 6.45. The van der Waals surface area contributed by atoms with Gasteiger partial charge in [-0.3, -0.25) is 15.1 Å². The molecule has 0 aliphatic rings. The number of aliphatic imine (C=N–C) groups is 1. The van der Waals surface area contributed by atoms with E-state index in [0.29, 0.717) is 10.0 Å². The molecule has 2 aromatic rings. The third kappa shape index (κ3) is 3.64. The van der Waals surface area contributed by atoms with Gasteiger partial charge in [-0.2, -0.15) is 4.39 Å². The molecule has 0 amide bonds. The van der Waals surface area contributed by atoms with Crippen molar-refractivity contribution in [2.24, 2.45) is 4.99 Å². The van der Waals surface area contributed by atoms with E-state index in [-0.39, 0.29) is 11.4 Å². The number of phenols is 1. The maximum Gasteiger partial charge on any atom is 0.306 e. The van der Waals surface area contributed by atoms with Gasteiger partial charge in [0.2, 0.25) is 5.82 Å². The lowest BCUT2D eigenvalue weighted by atomic mass is 10.2. The Hall–Kier alpha value is -1.80. The number of nitrogens with zero attached hydrogens (tertiary/aromatic N) is 2. The molecule has 8 heteroatoms. The van der Waals surface area contributed by atoms with Crippen LogP contribution in [0, 0.1) is 15.9 Å². The minimum Gasteiger partial charge on any atom is -0.506 e. The number of rotatable bonds is 3. The highest BCUT2D eigenvalue weighted by atomic mass is 79.9. The first kappa shape index (κ1) is 15.6. The number of halogens is 3. The van der Waals surface area contributed by atoms with Gasteiger partial charge < -0.3 is 5.11 Å². The summed E-state index contributed by atoms with van der Waals surface area (Å²) in [5.41, 5.74) is -0.0360. The summed E-state index contributed by atoms with van der Waals surface area (Å²) in [6.07, 6.45) is 1.34. The van der Waals surface area contributed by atoms with Crippen molar-refractivity contribution in [3.05, 3.63) is 60.8 Å². The van der Waals surface area contributed by atoms with E-state index in [1.165, 1.54) is 12.3 Å². The molecule has 0 radical (unpaired) electrons. The van der Waals surface area contributed by atoms with Gasteiger partial charge in [0.1, 0.15) is 5.75 Å². The quantitative estimate of drug-likeness (QED) is 0.446. The highest BCUT2D eigenvalue weighted by molar-refractivity contribution is 9.11. The van der Waals surface area contributed by atoms with Gasteiger partial charge in [-0.05, 0) is 40.2 Å². The number of hydrogen-bond donors (Lipinski definition) is 1. The summed E-state index contributed by atoms with van der Waals surface area (Å²) in [6, 6.07) is 6.59. The largest absolute Gasteiger partial charge is 0.506 e. The zero-order valence-corrected chi connectivity index (χ0v) is 13.4. The molecule has 0 spiro atoms. The molecular formula is C13H7Br2FN2O3. The van der Waals surface area contributed by atoms with Gasteiger partial charge in [-0.15, -0.1) is 0 Å². The number of hydrogen-bond acceptors (Lipinski definition) is 4. The molecule has 0 saturated carbocycles. The van der Waals surface area contributed by atoms with Crippen LogP contribution in [0.25, 0.3) is 0 Å². The molecule has 0 fully saturated rings. The average molecular weight is 418 g/mol. The molecule has 2 aromatic carbocycles. The summed E-state index contributed by atoms with van der Waals surface area (Å²) in [5.74, 6) is -0.939. The number of nitro benzene ring substituents is 1. The van der Waals surface area contributed by atoms with Crippen molar-refractivity contribution in [1.29, 1.82) is 0 Å². The van der Waals surface area contributed by atoms with Crippen molar-refractivity contribution in [3.63, 3.8) is 0 Å². The molecule has 0 unspecified atom stereocenters. The second kappa shape index (κ2) is 6.31. The summed E-state index contributed by atoms with van der Waals surface area (Å²) in [6.45, 7) is 0. The standard InChI is InChI=1S/C13H7Br2FN2O3/c14-8-3-7(13(19)10(15)4-8)6-17-9-1-2-11(16)12(5-9)18(20)21/h1-6,19H. The molecule has 0 saturated heterocycles. The Labute approximate surface area is 135 Å². The number of benzene rings is 2. The van der Waals surface area contributed by atoms with Crippen molar-refractivity contribution in [1.82, 2.24) is 0 Å². The molecule has 0 aromatic heterocycles. The molecule has 5 nitrogen and oxygen atoms in total. The smallest absolute Gasteiger partial charge is 0.306 e. The Bertz CT molecular complexity index is 750. The Morgan fingerprint density at radius 2 is 2.00 bits per heavy atom. The molecule has 108 valence electrons. The Balaban J connectivity index is 2.38. The van der Waals surface area contributed by atoms with Gasteiger partial charge in [-0.1, -0.05) is 15.9 Å². The molecule has 2 rings (SSSR count). The monoisotopic (exact) mass is 416 g/mol. The van der Waals surface area contributed by atoms with E-state index in [2.05, 4.69) is 36.9 Å². The third-order valence-electron chi connectivity index (χ3n) is 2.54. The SMILES string of the molecule is O=[N+]([O-])c1cc(N=Cc2cc(Br)cc(Br)c2O)ccc1F. The van der Waals surface area contributed by atoms with Crippen LogP contribution in [0.4, 0.5) is 15.8 Å². The number of aromatic hydroxyl groups is 1. The summed E-state index contributed by atoms with van der Waals surface area (Å²) < 4.78 is 14.4. The zero-order valence-electron chi connectivity index (χ0n) is 10.3. The van der Waals surface area contributed by atoms with Crippen molar-refractivity contribution in [3.8, 4) is 5.75 Å². The normalized spacial score (nSPS) is 11.0. The fourth-order valence-corrected chi connectivity index (χ4v) is 2.81. The van der Waals surface area contributed by atoms with E-state index < -0.39 is 16.4 Å². The first-order valence-electron chi connectivity index (χ1n) is 5.54. The first-order chi connectivity index (χ1) is 9.88. The van der Waals surface area contributed by atoms with Gasteiger partial charge in [-0.25, -0.2) is 0 Å². The predicted octanol–water partition coefficient (Wildman–Crippen LogP) is 4.72. The van der Waals surface area contributed by atoms with Crippen LogP contribution in [0.2, 0.25) is 0 Å². The molecule has 0 aliphatic carbocycles. The van der Waals surface area contributed by atoms with E-state index in [9.17, 15) is 19.6 Å². The van der Waals surface area contributed by atoms with Crippen molar-refractivity contribution in [2.75, 3.05) is 0 Å². The fraction of sp³-hybridized carbons (Fsp3) is 0. The first-order valence-corrected chi connectivity index (χ1v) is 7.13. The number of phenolic OH excluding ortho intramolecular Hbond substituents is 1. The second-order valence-electron chi connectivity index (χ2n) is 3.98. The predicted molar refractivity (Wildman–Crippen MR) is 83.8 cm³/mol. The Kier molecular flexibility index (Phi) is 4.69. The summed E-state index contributed by atoms with van der Waals surface area (Å²) in [4.78, 5) is 13.8. The van der Waals surface area contributed by atoms with Crippen LogP contribution >= 0.6 is 31.9 Å². The highest BCUT2D eigenvalue weighted by Gasteiger charge is 2.14. The van der Waals surface area contributed by atoms with E-state index in [1.54, 1.807) is 12.1 Å². The molecular weight excluding hydrogens is 411 g/mol. The van der Waals surface area contributed by atoms with Crippen molar-refractivity contribution >= 4 is 49.4 Å². The summed E-state index contributed by atoms with van der Waals surface area (Å²) in [5, 5.41) is 20.5. The molecule has 1 N–H and O–H groups in total. The van der Waals surface area contributed by atoms with Gasteiger partial charge in [0, 0.05) is 22.3 Å². The lowest BCUT2D eigenvalue weighted by Crippen LogP contribution is -1.91. The minimum atomic E-state index is -0.924. The maximum atomic E-state index is 13.2. The highest BCUT2D eigenvalue weighted by Crippen LogP contribution is 2.31. The lowest BCUT2D eigenvalue weighted by Gasteiger charge is -2.03. The van der Waals surface area contributed by atoms with E-state index >= 15 is 0 Å². The molecule has 21 heavy (non-hydrogen) atoms. The Morgan fingerprint density at radius 1 is 1.29 bits per heavy atom. The van der Waals surface area contributed by atoms with Gasteiger partial charge in [0.25, 0.3) is 0 Å². The maximum absolute atomic E-state index is 13.2. The van der Waals surface area contributed by atoms with E-state index in [4.69, 9.17) is 0 Å². The zero-order chi connectivity index (χ0) is 15.6. The fourth-order valence-electron chi connectivity index (χ4n) is 1.55. The van der Waals surface area contributed by atoms with Crippen LogP contribution < -0.4 is 0 Å². The van der Waals surface area contributed by atoms with Gasteiger partial charge in [0.05, 0.1) is 15.1 Å². The molecule has 0 heterocycles. The van der Waals surface area contributed by atoms with Crippen LogP contribution in [0.1, 0.15) is 5.56 Å². The molecule has 0 atom stereocenters. The van der Waals surface area contributed by atoms with Crippen LogP contribution in [-0.4, -0.2) is 16.2 Å². The van der Waals surface area contributed by atoms with Gasteiger partial charge >= 0.3 is 5.69 Å². The van der Waals surface area contributed by atoms with Crippen molar-refractivity contribution in [2.45, 2.75) is 0 Å². The Morgan fingerprint density at radius 3 is 2.67 bits per heavy atom.